The summed E-state index contributed by atoms with van der Waals surface area (Å²) in [6, 6.07) is 15.4. The van der Waals surface area contributed by atoms with Crippen LogP contribution in [-0.2, 0) is 11.2 Å². The highest BCUT2D eigenvalue weighted by Crippen LogP contribution is 2.20. The summed E-state index contributed by atoms with van der Waals surface area (Å²) in [5, 5.41) is 3.90. The second-order valence-electron chi connectivity index (χ2n) is 7.64. The number of benzene rings is 2. The molecule has 5 nitrogen and oxygen atoms in total. The van der Waals surface area contributed by atoms with Gasteiger partial charge in [0.05, 0.1) is 23.2 Å². The molecule has 2 heterocycles. The van der Waals surface area contributed by atoms with Crippen LogP contribution in [0.1, 0.15) is 27.2 Å². The first kappa shape index (κ1) is 20.4. The van der Waals surface area contributed by atoms with Gasteiger partial charge in [-0.15, -0.1) is 0 Å². The van der Waals surface area contributed by atoms with Crippen LogP contribution >= 0.6 is 11.8 Å². The first-order chi connectivity index (χ1) is 14.5. The first-order valence-electron chi connectivity index (χ1n) is 10.1. The van der Waals surface area contributed by atoms with Crippen LogP contribution in [0.15, 0.2) is 48.5 Å². The standard InChI is InChI=1S/C24H25N3O2S/c1-16-3-8-22-19(13-16)15-21(17(2)25-22)24(29)26-20-6-4-18(5-7-20)14-23(28)27-9-11-30-12-10-27/h3-8,13,15H,9-12,14H2,1-2H3,(H,26,29). The summed E-state index contributed by atoms with van der Waals surface area (Å²) in [5.41, 5.74) is 4.94. The molecular weight excluding hydrogens is 394 g/mol. The van der Waals surface area contributed by atoms with Gasteiger partial charge in [0.2, 0.25) is 5.91 Å². The van der Waals surface area contributed by atoms with E-state index >= 15 is 0 Å². The molecule has 0 atom stereocenters. The predicted molar refractivity (Wildman–Crippen MR) is 123 cm³/mol. The third-order valence-electron chi connectivity index (χ3n) is 5.34. The van der Waals surface area contributed by atoms with Crippen LogP contribution in [0.4, 0.5) is 5.69 Å². The lowest BCUT2D eigenvalue weighted by molar-refractivity contribution is -0.130. The van der Waals surface area contributed by atoms with Crippen molar-refractivity contribution in [1.29, 1.82) is 0 Å². The van der Waals surface area contributed by atoms with Crippen molar-refractivity contribution < 1.29 is 9.59 Å². The quantitative estimate of drug-likeness (QED) is 0.688. The van der Waals surface area contributed by atoms with Crippen molar-refractivity contribution in [2.45, 2.75) is 20.3 Å². The third-order valence-corrected chi connectivity index (χ3v) is 6.28. The highest BCUT2D eigenvalue weighted by Gasteiger charge is 2.17. The summed E-state index contributed by atoms with van der Waals surface area (Å²) in [6.45, 7) is 5.53. The second-order valence-corrected chi connectivity index (χ2v) is 8.86. The van der Waals surface area contributed by atoms with E-state index in [0.29, 0.717) is 23.4 Å². The van der Waals surface area contributed by atoms with Gasteiger partial charge in [0.1, 0.15) is 0 Å². The van der Waals surface area contributed by atoms with Crippen LogP contribution in [0, 0.1) is 13.8 Å². The van der Waals surface area contributed by atoms with Crippen LogP contribution in [-0.4, -0.2) is 46.3 Å². The predicted octanol–water partition coefficient (Wildman–Crippen LogP) is 4.22. The molecule has 0 saturated carbocycles. The summed E-state index contributed by atoms with van der Waals surface area (Å²) in [6.07, 6.45) is 0.395. The lowest BCUT2D eigenvalue weighted by atomic mass is 10.1. The summed E-state index contributed by atoms with van der Waals surface area (Å²) < 4.78 is 0. The Hall–Kier alpha value is -2.86. The third kappa shape index (κ3) is 4.65. The van der Waals surface area contributed by atoms with E-state index in [1.165, 1.54) is 0 Å². The number of amides is 2. The van der Waals surface area contributed by atoms with Gasteiger partial charge < -0.3 is 10.2 Å². The molecule has 2 aromatic carbocycles. The molecule has 0 spiro atoms. The SMILES string of the molecule is Cc1ccc2nc(C)c(C(=O)Nc3ccc(CC(=O)N4CCSCC4)cc3)cc2c1. The minimum atomic E-state index is -0.182. The van der Waals surface area contributed by atoms with E-state index in [2.05, 4.69) is 10.3 Å². The highest BCUT2D eigenvalue weighted by molar-refractivity contribution is 7.99. The van der Waals surface area contributed by atoms with E-state index in [1.54, 1.807) is 0 Å². The van der Waals surface area contributed by atoms with Gasteiger partial charge in [0, 0.05) is 35.7 Å². The number of nitrogens with zero attached hydrogens (tertiary/aromatic N) is 2. The number of anilines is 1. The Bertz CT molecular complexity index is 1090. The van der Waals surface area contributed by atoms with Crippen molar-refractivity contribution >= 4 is 40.2 Å². The van der Waals surface area contributed by atoms with Crippen molar-refractivity contribution in [3.63, 3.8) is 0 Å². The summed E-state index contributed by atoms with van der Waals surface area (Å²) in [4.78, 5) is 31.7. The Morgan fingerprint density at radius 3 is 2.50 bits per heavy atom. The number of thioether (sulfide) groups is 1. The fraction of sp³-hybridized carbons (Fsp3) is 0.292. The van der Waals surface area contributed by atoms with Gasteiger partial charge in [0.15, 0.2) is 0 Å². The van der Waals surface area contributed by atoms with Gasteiger partial charge in [-0.05, 0) is 49.7 Å². The van der Waals surface area contributed by atoms with Crippen molar-refractivity contribution in [2.24, 2.45) is 0 Å². The average molecular weight is 420 g/mol. The van der Waals surface area contributed by atoms with Gasteiger partial charge in [0.25, 0.3) is 5.91 Å². The topological polar surface area (TPSA) is 62.3 Å². The summed E-state index contributed by atoms with van der Waals surface area (Å²) in [5.74, 6) is 2.01. The molecule has 6 heteroatoms. The zero-order valence-corrected chi connectivity index (χ0v) is 18.1. The molecule has 3 aromatic rings. The first-order valence-corrected chi connectivity index (χ1v) is 11.3. The number of hydrogen-bond acceptors (Lipinski definition) is 4. The second kappa shape index (κ2) is 8.88. The molecule has 1 aromatic heterocycles. The number of nitrogens with one attached hydrogen (secondary N) is 1. The van der Waals surface area contributed by atoms with Crippen molar-refractivity contribution in [3.8, 4) is 0 Å². The fourth-order valence-corrected chi connectivity index (χ4v) is 4.53. The van der Waals surface area contributed by atoms with Crippen LogP contribution in [0.25, 0.3) is 10.9 Å². The molecular formula is C24H25N3O2S. The Labute approximate surface area is 180 Å². The van der Waals surface area contributed by atoms with Gasteiger partial charge in [-0.3, -0.25) is 14.6 Å². The molecule has 1 N–H and O–H groups in total. The van der Waals surface area contributed by atoms with Gasteiger partial charge in [-0.2, -0.15) is 11.8 Å². The van der Waals surface area contributed by atoms with Crippen LogP contribution in [0.2, 0.25) is 0 Å². The Morgan fingerprint density at radius 2 is 1.77 bits per heavy atom. The lowest BCUT2D eigenvalue weighted by Crippen LogP contribution is -2.38. The highest BCUT2D eigenvalue weighted by atomic mass is 32.2. The van der Waals surface area contributed by atoms with E-state index in [-0.39, 0.29) is 11.8 Å². The molecule has 0 bridgehead atoms. The number of rotatable bonds is 4. The molecule has 1 aliphatic heterocycles. The monoisotopic (exact) mass is 419 g/mol. The molecule has 154 valence electrons. The molecule has 4 rings (SSSR count). The summed E-state index contributed by atoms with van der Waals surface area (Å²) >= 11 is 1.89. The number of aryl methyl sites for hydroxylation is 2. The van der Waals surface area contributed by atoms with Crippen LogP contribution in [0.3, 0.4) is 0 Å². The number of pyridine rings is 1. The van der Waals surface area contributed by atoms with E-state index in [1.807, 2.05) is 79.0 Å². The van der Waals surface area contributed by atoms with Gasteiger partial charge in [-0.25, -0.2) is 0 Å². The smallest absolute Gasteiger partial charge is 0.257 e. The number of hydrogen-bond donors (Lipinski definition) is 1. The van der Waals surface area contributed by atoms with Crippen LogP contribution in [0.5, 0.6) is 0 Å². The maximum atomic E-state index is 12.8. The Balaban J connectivity index is 1.44. The van der Waals surface area contributed by atoms with Gasteiger partial charge >= 0.3 is 0 Å². The molecule has 0 aliphatic carbocycles. The van der Waals surface area contributed by atoms with E-state index in [0.717, 1.165) is 46.6 Å². The summed E-state index contributed by atoms with van der Waals surface area (Å²) in [7, 11) is 0. The Kier molecular flexibility index (Phi) is 6.04. The largest absolute Gasteiger partial charge is 0.341 e. The molecule has 2 amide bonds. The zero-order valence-electron chi connectivity index (χ0n) is 17.3. The molecule has 0 radical (unpaired) electrons. The number of aromatic nitrogens is 1. The number of carbonyl (C=O) groups is 2. The average Bonchev–Trinajstić information content (AvgIpc) is 2.75. The maximum absolute atomic E-state index is 12.8. The minimum absolute atomic E-state index is 0.167. The van der Waals surface area contributed by atoms with Crippen molar-refractivity contribution in [3.05, 3.63) is 70.9 Å². The molecule has 0 unspecified atom stereocenters. The fourth-order valence-electron chi connectivity index (χ4n) is 3.63. The lowest BCUT2D eigenvalue weighted by Gasteiger charge is -2.26. The van der Waals surface area contributed by atoms with Gasteiger partial charge in [-0.1, -0.05) is 23.8 Å². The van der Waals surface area contributed by atoms with Crippen molar-refractivity contribution in [2.75, 3.05) is 29.9 Å². The van der Waals surface area contributed by atoms with E-state index in [9.17, 15) is 9.59 Å². The molecule has 1 fully saturated rings. The van der Waals surface area contributed by atoms with Crippen LogP contribution < -0.4 is 5.32 Å². The maximum Gasteiger partial charge on any atom is 0.257 e. The molecule has 1 aliphatic rings. The number of carbonyl (C=O) groups excluding carboxylic acids is 2. The Morgan fingerprint density at radius 1 is 1.03 bits per heavy atom. The normalized spacial score (nSPS) is 14.0. The van der Waals surface area contributed by atoms with E-state index in [4.69, 9.17) is 0 Å². The number of fused-ring (bicyclic) bond motifs is 1. The molecule has 1 saturated heterocycles. The van der Waals surface area contributed by atoms with E-state index < -0.39 is 0 Å². The molecule has 30 heavy (non-hydrogen) atoms. The van der Waals surface area contributed by atoms with Crippen molar-refractivity contribution in [1.82, 2.24) is 9.88 Å². The zero-order chi connectivity index (χ0) is 21.1. The minimum Gasteiger partial charge on any atom is -0.341 e.